The topological polar surface area (TPSA) is 86.7 Å². The highest BCUT2D eigenvalue weighted by Crippen LogP contribution is 2.23. The Bertz CT molecular complexity index is 346. The van der Waals surface area contributed by atoms with Crippen molar-refractivity contribution in [2.75, 3.05) is 6.54 Å². The minimum absolute atomic E-state index is 0.198. The molecule has 90 valence electrons. The predicted octanol–water partition coefficient (Wildman–Crippen LogP) is 0.0611. The van der Waals surface area contributed by atoms with Crippen LogP contribution in [0.25, 0.3) is 0 Å². The summed E-state index contributed by atoms with van der Waals surface area (Å²) in [6.45, 7) is -0.0932. The molecule has 0 radical (unpaired) electrons. The Labute approximate surface area is 93.1 Å². The minimum atomic E-state index is -1.23. The van der Waals surface area contributed by atoms with E-state index in [-0.39, 0.29) is 25.1 Å². The third-order valence-corrected chi connectivity index (χ3v) is 2.42. The predicted molar refractivity (Wildman–Crippen MR) is 57.0 cm³/mol. The second-order valence-electron chi connectivity index (χ2n) is 3.59. The molecular formula is C11H16FNO3. The van der Waals surface area contributed by atoms with Crippen molar-refractivity contribution in [3.8, 4) is 0 Å². The molecule has 0 heterocycles. The lowest BCUT2D eigenvalue weighted by Crippen LogP contribution is -2.22. The molecule has 2 unspecified atom stereocenters. The highest BCUT2D eigenvalue weighted by atomic mass is 19.1. The second kappa shape index (κ2) is 5.91. The maximum Gasteiger partial charge on any atom is 0.123 e. The molecule has 2 atom stereocenters. The van der Waals surface area contributed by atoms with Gasteiger partial charge in [0.2, 0.25) is 0 Å². The van der Waals surface area contributed by atoms with Crippen LogP contribution in [0.5, 0.6) is 0 Å². The van der Waals surface area contributed by atoms with Crippen molar-refractivity contribution >= 4 is 0 Å². The van der Waals surface area contributed by atoms with Crippen LogP contribution in [-0.4, -0.2) is 28.0 Å². The van der Waals surface area contributed by atoms with Crippen LogP contribution in [0, 0.1) is 5.82 Å². The first-order valence-electron chi connectivity index (χ1n) is 5.05. The molecule has 4 nitrogen and oxygen atoms in total. The minimum Gasteiger partial charge on any atom is -0.392 e. The fourth-order valence-electron chi connectivity index (χ4n) is 1.52. The molecule has 0 bridgehead atoms. The summed E-state index contributed by atoms with van der Waals surface area (Å²) in [5.74, 6) is -0.522. The van der Waals surface area contributed by atoms with Gasteiger partial charge in [0.1, 0.15) is 11.9 Å². The van der Waals surface area contributed by atoms with E-state index >= 15 is 0 Å². The molecule has 16 heavy (non-hydrogen) atoms. The average molecular weight is 229 g/mol. The van der Waals surface area contributed by atoms with Gasteiger partial charge >= 0.3 is 0 Å². The fourth-order valence-corrected chi connectivity index (χ4v) is 1.52. The van der Waals surface area contributed by atoms with E-state index in [1.165, 1.54) is 12.1 Å². The summed E-state index contributed by atoms with van der Waals surface area (Å²) >= 11 is 0. The number of hydrogen-bond acceptors (Lipinski definition) is 4. The van der Waals surface area contributed by atoms with Gasteiger partial charge in [-0.25, -0.2) is 4.39 Å². The van der Waals surface area contributed by atoms with Crippen molar-refractivity contribution < 1.29 is 19.7 Å². The fraction of sp³-hybridized carbons (Fsp3) is 0.455. The summed E-state index contributed by atoms with van der Waals surface area (Å²) in [7, 11) is 0. The Morgan fingerprint density at radius 2 is 2.00 bits per heavy atom. The second-order valence-corrected chi connectivity index (χ2v) is 3.59. The highest BCUT2D eigenvalue weighted by Gasteiger charge is 2.20. The number of rotatable bonds is 5. The van der Waals surface area contributed by atoms with Gasteiger partial charge in [0.05, 0.1) is 12.7 Å². The number of halogens is 1. The van der Waals surface area contributed by atoms with E-state index in [2.05, 4.69) is 0 Å². The SMILES string of the molecule is NCCC(O)C(O)c1cc(F)ccc1CO. The van der Waals surface area contributed by atoms with Crippen LogP contribution in [-0.2, 0) is 6.61 Å². The van der Waals surface area contributed by atoms with Gasteiger partial charge in [-0.2, -0.15) is 0 Å². The van der Waals surface area contributed by atoms with Crippen molar-refractivity contribution in [2.45, 2.75) is 25.2 Å². The van der Waals surface area contributed by atoms with Crippen molar-refractivity contribution in [3.05, 3.63) is 35.1 Å². The maximum absolute atomic E-state index is 13.0. The Balaban J connectivity index is 2.96. The zero-order valence-electron chi connectivity index (χ0n) is 8.81. The first kappa shape index (κ1) is 13.1. The van der Waals surface area contributed by atoms with Crippen LogP contribution in [0.1, 0.15) is 23.7 Å². The van der Waals surface area contributed by atoms with E-state index in [0.29, 0.717) is 5.56 Å². The standard InChI is InChI=1S/C11H16FNO3/c12-8-2-1-7(6-14)9(5-8)11(16)10(15)3-4-13/h1-2,5,10-11,14-16H,3-4,6,13H2. The molecule has 0 aliphatic carbocycles. The average Bonchev–Trinajstić information content (AvgIpc) is 2.28. The van der Waals surface area contributed by atoms with Crippen molar-refractivity contribution in [2.24, 2.45) is 5.73 Å². The van der Waals surface area contributed by atoms with E-state index in [4.69, 9.17) is 10.8 Å². The van der Waals surface area contributed by atoms with Crippen LogP contribution < -0.4 is 5.73 Å². The molecule has 0 amide bonds. The van der Waals surface area contributed by atoms with Gasteiger partial charge in [0, 0.05) is 0 Å². The molecule has 0 spiro atoms. The molecule has 0 saturated heterocycles. The van der Waals surface area contributed by atoms with Gasteiger partial charge in [-0.05, 0) is 36.2 Å². The lowest BCUT2D eigenvalue weighted by atomic mass is 9.97. The molecule has 0 aliphatic heterocycles. The van der Waals surface area contributed by atoms with Gasteiger partial charge in [0.15, 0.2) is 0 Å². The number of hydrogen-bond donors (Lipinski definition) is 4. The normalized spacial score (nSPS) is 14.8. The van der Waals surface area contributed by atoms with Gasteiger partial charge < -0.3 is 21.1 Å². The highest BCUT2D eigenvalue weighted by molar-refractivity contribution is 5.30. The summed E-state index contributed by atoms with van der Waals surface area (Å²) < 4.78 is 13.0. The van der Waals surface area contributed by atoms with Gasteiger partial charge in [-0.15, -0.1) is 0 Å². The Kier molecular flexibility index (Phi) is 4.82. The number of nitrogens with two attached hydrogens (primary N) is 1. The molecule has 1 aromatic carbocycles. The molecule has 1 rings (SSSR count). The summed E-state index contributed by atoms with van der Waals surface area (Å²) in [6, 6.07) is 3.68. The molecule has 0 aliphatic rings. The lowest BCUT2D eigenvalue weighted by Gasteiger charge is -2.19. The number of aliphatic hydroxyl groups is 3. The van der Waals surface area contributed by atoms with Crippen LogP contribution in [0.2, 0.25) is 0 Å². The maximum atomic E-state index is 13.0. The Morgan fingerprint density at radius 1 is 1.31 bits per heavy atom. The van der Waals surface area contributed by atoms with Crippen molar-refractivity contribution in [1.29, 1.82) is 0 Å². The molecule has 0 fully saturated rings. The number of aliphatic hydroxyl groups excluding tert-OH is 3. The lowest BCUT2D eigenvalue weighted by molar-refractivity contribution is 0.0137. The van der Waals surface area contributed by atoms with Gasteiger partial charge in [-0.1, -0.05) is 6.07 Å². The smallest absolute Gasteiger partial charge is 0.123 e. The summed E-state index contributed by atoms with van der Waals surface area (Å²) in [6.07, 6.45) is -2.08. The molecule has 0 aromatic heterocycles. The van der Waals surface area contributed by atoms with Crippen molar-refractivity contribution in [1.82, 2.24) is 0 Å². The molecule has 5 N–H and O–H groups in total. The zero-order valence-corrected chi connectivity index (χ0v) is 8.81. The third-order valence-electron chi connectivity index (χ3n) is 2.42. The molecular weight excluding hydrogens is 213 g/mol. The van der Waals surface area contributed by atoms with Crippen LogP contribution >= 0.6 is 0 Å². The van der Waals surface area contributed by atoms with E-state index < -0.39 is 18.0 Å². The van der Waals surface area contributed by atoms with Crippen LogP contribution in [0.4, 0.5) is 4.39 Å². The first-order chi connectivity index (χ1) is 7.60. The molecule has 0 saturated carbocycles. The zero-order chi connectivity index (χ0) is 12.1. The first-order valence-corrected chi connectivity index (χ1v) is 5.05. The largest absolute Gasteiger partial charge is 0.392 e. The Morgan fingerprint density at radius 3 is 2.56 bits per heavy atom. The van der Waals surface area contributed by atoms with Crippen LogP contribution in [0.3, 0.4) is 0 Å². The molecule has 1 aromatic rings. The van der Waals surface area contributed by atoms with E-state index in [1.54, 1.807) is 0 Å². The summed E-state index contributed by atoms with van der Waals surface area (Å²) in [4.78, 5) is 0. The van der Waals surface area contributed by atoms with E-state index in [9.17, 15) is 14.6 Å². The summed E-state index contributed by atoms with van der Waals surface area (Å²) in [5, 5.41) is 28.4. The van der Waals surface area contributed by atoms with Crippen molar-refractivity contribution in [3.63, 3.8) is 0 Å². The monoisotopic (exact) mass is 229 g/mol. The van der Waals surface area contributed by atoms with Gasteiger partial charge in [-0.3, -0.25) is 0 Å². The quantitative estimate of drug-likeness (QED) is 0.575. The Hall–Kier alpha value is -1.01. The summed E-state index contributed by atoms with van der Waals surface area (Å²) in [5.41, 5.74) is 5.84. The third kappa shape index (κ3) is 2.99. The van der Waals surface area contributed by atoms with E-state index in [1.807, 2.05) is 0 Å². The molecule has 5 heteroatoms. The van der Waals surface area contributed by atoms with Gasteiger partial charge in [0.25, 0.3) is 0 Å². The van der Waals surface area contributed by atoms with Crippen LogP contribution in [0.15, 0.2) is 18.2 Å². The van der Waals surface area contributed by atoms with E-state index in [0.717, 1.165) is 6.07 Å². The number of benzene rings is 1.